The molecule has 0 saturated carbocycles. The average Bonchev–Trinajstić information content (AvgIpc) is 1.96. The summed E-state index contributed by atoms with van der Waals surface area (Å²) in [5, 5.41) is 0. The number of unbranched alkanes of at least 4 members (excludes halogenated alkanes) is 3. The van der Waals surface area contributed by atoms with E-state index in [4.69, 9.17) is 0 Å². The maximum atomic E-state index is 12.9. The Morgan fingerprint density at radius 3 is 2.25 bits per heavy atom. The topological polar surface area (TPSA) is 17.1 Å². The molecular formula is C10H19FO. The zero-order chi connectivity index (χ0) is 9.61. The Balaban J connectivity index is 3.45. The van der Waals surface area contributed by atoms with Gasteiger partial charge in [0.05, 0.1) is 0 Å². The van der Waals surface area contributed by atoms with Crippen LogP contribution in [0.5, 0.6) is 0 Å². The first-order chi connectivity index (χ1) is 5.48. The standard InChI is InChI=1S/C10H19FO/c1-4-5-6-7-8-9(12)10(2,3)11/h4-8H2,1-3H3. The predicted molar refractivity (Wildman–Crippen MR) is 49.0 cm³/mol. The molecule has 0 heterocycles. The lowest BCUT2D eigenvalue weighted by atomic mass is 10.00. The number of Topliss-reactive ketones (excluding diaryl/α,β-unsaturated/α-hetero) is 1. The van der Waals surface area contributed by atoms with Crippen molar-refractivity contribution in [3.63, 3.8) is 0 Å². The number of alkyl halides is 1. The summed E-state index contributed by atoms with van der Waals surface area (Å²) in [5.41, 5.74) is -1.63. The van der Waals surface area contributed by atoms with E-state index in [1.54, 1.807) is 0 Å². The molecule has 0 spiro atoms. The molecular weight excluding hydrogens is 155 g/mol. The molecule has 0 amide bonds. The molecule has 72 valence electrons. The van der Waals surface area contributed by atoms with Crippen molar-refractivity contribution in [2.75, 3.05) is 0 Å². The fourth-order valence-electron chi connectivity index (χ4n) is 1.01. The van der Waals surface area contributed by atoms with Gasteiger partial charge in [-0.25, -0.2) is 4.39 Å². The Bertz CT molecular complexity index is 135. The SMILES string of the molecule is CCCCCCC(=O)C(C)(C)F. The highest BCUT2D eigenvalue weighted by molar-refractivity contribution is 5.86. The quantitative estimate of drug-likeness (QED) is 0.565. The minimum absolute atomic E-state index is 0.265. The predicted octanol–water partition coefficient (Wildman–Crippen LogP) is 3.27. The Labute approximate surface area is 74.4 Å². The normalized spacial score (nSPS) is 11.7. The number of rotatable bonds is 6. The number of hydrogen-bond acceptors (Lipinski definition) is 1. The second-order valence-corrected chi connectivity index (χ2v) is 3.71. The fourth-order valence-corrected chi connectivity index (χ4v) is 1.01. The van der Waals surface area contributed by atoms with Gasteiger partial charge in [0.15, 0.2) is 11.5 Å². The van der Waals surface area contributed by atoms with Crippen molar-refractivity contribution in [1.29, 1.82) is 0 Å². The lowest BCUT2D eigenvalue weighted by molar-refractivity contribution is -0.128. The number of hydrogen-bond donors (Lipinski definition) is 0. The van der Waals surface area contributed by atoms with Crippen LogP contribution in [0, 0.1) is 0 Å². The van der Waals surface area contributed by atoms with Gasteiger partial charge in [0.2, 0.25) is 0 Å². The second-order valence-electron chi connectivity index (χ2n) is 3.71. The van der Waals surface area contributed by atoms with Crippen LogP contribution in [0.15, 0.2) is 0 Å². The molecule has 2 heteroatoms. The van der Waals surface area contributed by atoms with Gasteiger partial charge in [-0.1, -0.05) is 26.2 Å². The molecule has 12 heavy (non-hydrogen) atoms. The van der Waals surface area contributed by atoms with Crippen LogP contribution in [0.25, 0.3) is 0 Å². The van der Waals surface area contributed by atoms with Crippen molar-refractivity contribution < 1.29 is 9.18 Å². The molecule has 0 aromatic rings. The monoisotopic (exact) mass is 174 g/mol. The van der Waals surface area contributed by atoms with Crippen LogP contribution in [0.4, 0.5) is 4.39 Å². The van der Waals surface area contributed by atoms with Crippen molar-refractivity contribution in [3.05, 3.63) is 0 Å². The number of carbonyl (C=O) groups excluding carboxylic acids is 1. The van der Waals surface area contributed by atoms with Gasteiger partial charge in [-0.05, 0) is 20.3 Å². The van der Waals surface area contributed by atoms with Gasteiger partial charge in [0.25, 0.3) is 0 Å². The van der Waals surface area contributed by atoms with Crippen LogP contribution in [-0.2, 0) is 4.79 Å². The number of carbonyl (C=O) groups is 1. The van der Waals surface area contributed by atoms with Crippen molar-refractivity contribution >= 4 is 5.78 Å². The Morgan fingerprint density at radius 1 is 1.25 bits per heavy atom. The minimum Gasteiger partial charge on any atom is -0.296 e. The van der Waals surface area contributed by atoms with Crippen molar-refractivity contribution in [1.82, 2.24) is 0 Å². The lowest BCUT2D eigenvalue weighted by Crippen LogP contribution is -2.25. The molecule has 0 bridgehead atoms. The van der Waals surface area contributed by atoms with Crippen LogP contribution in [-0.4, -0.2) is 11.5 Å². The third-order valence-electron chi connectivity index (χ3n) is 1.92. The molecule has 0 aromatic carbocycles. The summed E-state index contributed by atoms with van der Waals surface area (Å²) in [6, 6.07) is 0. The van der Waals surface area contributed by atoms with Crippen molar-refractivity contribution in [2.45, 2.75) is 58.5 Å². The first-order valence-corrected chi connectivity index (χ1v) is 4.70. The molecule has 0 aliphatic heterocycles. The van der Waals surface area contributed by atoms with E-state index >= 15 is 0 Å². The van der Waals surface area contributed by atoms with E-state index in [-0.39, 0.29) is 5.78 Å². The molecule has 0 rings (SSSR count). The third kappa shape index (κ3) is 5.28. The maximum Gasteiger partial charge on any atom is 0.169 e. The van der Waals surface area contributed by atoms with Crippen LogP contribution < -0.4 is 0 Å². The van der Waals surface area contributed by atoms with E-state index in [1.165, 1.54) is 13.8 Å². The Morgan fingerprint density at radius 2 is 1.83 bits per heavy atom. The van der Waals surface area contributed by atoms with E-state index in [9.17, 15) is 9.18 Å². The first kappa shape index (κ1) is 11.6. The number of halogens is 1. The van der Waals surface area contributed by atoms with E-state index in [2.05, 4.69) is 6.92 Å². The zero-order valence-corrected chi connectivity index (χ0v) is 8.32. The van der Waals surface area contributed by atoms with Crippen molar-refractivity contribution in [2.24, 2.45) is 0 Å². The van der Waals surface area contributed by atoms with Gasteiger partial charge in [-0.2, -0.15) is 0 Å². The molecule has 0 radical (unpaired) electrons. The molecule has 1 nitrogen and oxygen atoms in total. The van der Waals surface area contributed by atoms with E-state index in [1.807, 2.05) is 0 Å². The first-order valence-electron chi connectivity index (χ1n) is 4.70. The maximum absolute atomic E-state index is 12.9. The summed E-state index contributed by atoms with van der Waals surface area (Å²) in [6.07, 6.45) is 4.55. The number of ketones is 1. The third-order valence-corrected chi connectivity index (χ3v) is 1.92. The molecule has 0 atom stereocenters. The van der Waals surface area contributed by atoms with Crippen LogP contribution in [0.2, 0.25) is 0 Å². The Kier molecular flexibility index (Phi) is 5.11. The van der Waals surface area contributed by atoms with Gasteiger partial charge < -0.3 is 0 Å². The van der Waals surface area contributed by atoms with Crippen LogP contribution in [0.1, 0.15) is 52.9 Å². The van der Waals surface area contributed by atoms with Gasteiger partial charge in [0, 0.05) is 6.42 Å². The fraction of sp³-hybridized carbons (Fsp3) is 0.900. The van der Waals surface area contributed by atoms with Gasteiger partial charge >= 0.3 is 0 Å². The van der Waals surface area contributed by atoms with Gasteiger partial charge in [0.1, 0.15) is 0 Å². The zero-order valence-electron chi connectivity index (χ0n) is 8.32. The smallest absolute Gasteiger partial charge is 0.169 e. The molecule has 0 fully saturated rings. The van der Waals surface area contributed by atoms with Crippen LogP contribution in [0.3, 0.4) is 0 Å². The molecule has 0 aliphatic rings. The van der Waals surface area contributed by atoms with Gasteiger partial charge in [-0.15, -0.1) is 0 Å². The average molecular weight is 174 g/mol. The van der Waals surface area contributed by atoms with Gasteiger partial charge in [-0.3, -0.25) is 4.79 Å². The molecule has 0 aromatic heterocycles. The second kappa shape index (κ2) is 5.28. The molecule has 0 aliphatic carbocycles. The van der Waals surface area contributed by atoms with Crippen molar-refractivity contribution in [3.8, 4) is 0 Å². The summed E-state index contributed by atoms with van der Waals surface area (Å²) in [6.45, 7) is 4.77. The van der Waals surface area contributed by atoms with E-state index < -0.39 is 5.67 Å². The van der Waals surface area contributed by atoms with Crippen LogP contribution >= 0.6 is 0 Å². The summed E-state index contributed by atoms with van der Waals surface area (Å²) in [7, 11) is 0. The molecule has 0 N–H and O–H groups in total. The highest BCUT2D eigenvalue weighted by Crippen LogP contribution is 2.14. The summed E-state index contributed by atoms with van der Waals surface area (Å²) < 4.78 is 12.9. The highest BCUT2D eigenvalue weighted by Gasteiger charge is 2.24. The van der Waals surface area contributed by atoms with E-state index in [0.29, 0.717) is 6.42 Å². The Hall–Kier alpha value is -0.400. The van der Waals surface area contributed by atoms with E-state index in [0.717, 1.165) is 25.7 Å². The molecule has 0 unspecified atom stereocenters. The lowest BCUT2D eigenvalue weighted by Gasteiger charge is -2.11. The summed E-state index contributed by atoms with van der Waals surface area (Å²) >= 11 is 0. The molecule has 0 saturated heterocycles. The summed E-state index contributed by atoms with van der Waals surface area (Å²) in [5.74, 6) is -0.265. The largest absolute Gasteiger partial charge is 0.296 e. The summed E-state index contributed by atoms with van der Waals surface area (Å²) in [4.78, 5) is 11.1. The minimum atomic E-state index is -1.63. The highest BCUT2D eigenvalue weighted by atomic mass is 19.1.